The molecular formula is C6H4Cl3NO4S2. The van der Waals surface area contributed by atoms with Crippen LogP contribution in [0.4, 0.5) is 5.69 Å². The van der Waals surface area contributed by atoms with Gasteiger partial charge in [-0.3, -0.25) is 0 Å². The minimum atomic E-state index is -4.17. The summed E-state index contributed by atoms with van der Waals surface area (Å²) in [6.45, 7) is 0. The third-order valence-electron chi connectivity index (χ3n) is 1.59. The van der Waals surface area contributed by atoms with E-state index in [1.165, 1.54) is 0 Å². The van der Waals surface area contributed by atoms with E-state index in [-0.39, 0.29) is 10.7 Å². The van der Waals surface area contributed by atoms with Crippen LogP contribution in [0.3, 0.4) is 0 Å². The van der Waals surface area contributed by atoms with Crippen LogP contribution in [0.1, 0.15) is 0 Å². The summed E-state index contributed by atoms with van der Waals surface area (Å²) in [7, 11) is 1.76. The molecule has 0 atom stereocenters. The van der Waals surface area contributed by atoms with E-state index in [1.807, 2.05) is 0 Å². The van der Waals surface area contributed by atoms with Crippen molar-refractivity contribution < 1.29 is 16.8 Å². The molecular weight excluding hydrogens is 321 g/mol. The molecule has 1 aromatic carbocycles. The van der Waals surface area contributed by atoms with E-state index < -0.39 is 27.9 Å². The van der Waals surface area contributed by atoms with Gasteiger partial charge in [-0.1, -0.05) is 11.6 Å². The summed E-state index contributed by atoms with van der Waals surface area (Å²) in [6, 6.07) is 1.66. The average Bonchev–Trinajstić information content (AvgIpc) is 1.97. The molecule has 0 saturated carbocycles. The van der Waals surface area contributed by atoms with Gasteiger partial charge in [0.05, 0.1) is 10.7 Å². The van der Waals surface area contributed by atoms with Crippen LogP contribution in [0.15, 0.2) is 21.9 Å². The minimum Gasteiger partial charge on any atom is -0.398 e. The Morgan fingerprint density at radius 3 is 1.75 bits per heavy atom. The maximum absolute atomic E-state index is 11.0. The zero-order valence-electron chi connectivity index (χ0n) is 7.32. The lowest BCUT2D eigenvalue weighted by Crippen LogP contribution is -2.02. The SMILES string of the molecule is Nc1cc(Cl)c(S(=O)(=O)Cl)cc1S(=O)(=O)Cl. The monoisotopic (exact) mass is 323 g/mol. The van der Waals surface area contributed by atoms with E-state index in [4.69, 9.17) is 38.7 Å². The first-order valence-corrected chi connectivity index (χ1v) is 8.51. The van der Waals surface area contributed by atoms with Crippen LogP contribution in [0.25, 0.3) is 0 Å². The van der Waals surface area contributed by atoms with Gasteiger partial charge in [0.15, 0.2) is 0 Å². The average molecular weight is 325 g/mol. The molecule has 0 aliphatic heterocycles. The van der Waals surface area contributed by atoms with Crippen LogP contribution in [-0.4, -0.2) is 16.8 Å². The van der Waals surface area contributed by atoms with Gasteiger partial charge in [0.1, 0.15) is 9.79 Å². The van der Waals surface area contributed by atoms with Crippen molar-refractivity contribution in [3.8, 4) is 0 Å². The summed E-state index contributed by atoms with van der Waals surface area (Å²) < 4.78 is 44.2. The van der Waals surface area contributed by atoms with Crippen molar-refractivity contribution >= 4 is 56.8 Å². The molecule has 2 N–H and O–H groups in total. The Morgan fingerprint density at radius 2 is 1.38 bits per heavy atom. The first-order chi connectivity index (χ1) is 7.03. The molecule has 0 radical (unpaired) electrons. The number of rotatable bonds is 2. The summed E-state index contributed by atoms with van der Waals surface area (Å²) in [5.74, 6) is 0. The van der Waals surface area contributed by atoms with E-state index in [0.717, 1.165) is 6.07 Å². The summed E-state index contributed by atoms with van der Waals surface area (Å²) in [6.07, 6.45) is 0. The van der Waals surface area contributed by atoms with E-state index in [9.17, 15) is 16.8 Å². The third kappa shape index (κ3) is 2.92. The maximum atomic E-state index is 11.0. The van der Waals surface area contributed by atoms with Gasteiger partial charge in [0.2, 0.25) is 0 Å². The van der Waals surface area contributed by atoms with Crippen molar-refractivity contribution in [2.45, 2.75) is 9.79 Å². The highest BCUT2D eigenvalue weighted by molar-refractivity contribution is 8.14. The highest BCUT2D eigenvalue weighted by atomic mass is 35.7. The fourth-order valence-corrected chi connectivity index (χ4v) is 3.55. The molecule has 0 bridgehead atoms. The van der Waals surface area contributed by atoms with Gasteiger partial charge in [-0.2, -0.15) is 0 Å². The molecule has 16 heavy (non-hydrogen) atoms. The van der Waals surface area contributed by atoms with Crippen molar-refractivity contribution in [2.75, 3.05) is 5.73 Å². The molecule has 0 heterocycles. The molecule has 0 amide bonds. The van der Waals surface area contributed by atoms with Crippen molar-refractivity contribution in [1.29, 1.82) is 0 Å². The molecule has 0 aromatic heterocycles. The number of halogens is 3. The normalized spacial score (nSPS) is 12.7. The van der Waals surface area contributed by atoms with Crippen LogP contribution in [0, 0.1) is 0 Å². The molecule has 0 aliphatic carbocycles. The lowest BCUT2D eigenvalue weighted by atomic mass is 10.3. The molecule has 0 saturated heterocycles. The second-order valence-corrected chi connectivity index (χ2v) is 8.17. The van der Waals surface area contributed by atoms with Crippen molar-refractivity contribution in [2.24, 2.45) is 0 Å². The summed E-state index contributed by atoms with van der Waals surface area (Å²) >= 11 is 5.55. The van der Waals surface area contributed by atoms with Gasteiger partial charge in [0, 0.05) is 21.4 Å². The first-order valence-electron chi connectivity index (χ1n) is 3.52. The van der Waals surface area contributed by atoms with E-state index in [2.05, 4.69) is 0 Å². The van der Waals surface area contributed by atoms with Gasteiger partial charge >= 0.3 is 0 Å². The smallest absolute Gasteiger partial charge is 0.263 e. The lowest BCUT2D eigenvalue weighted by molar-refractivity contribution is 0.608. The molecule has 1 aromatic rings. The second kappa shape index (κ2) is 4.23. The predicted octanol–water partition coefficient (Wildman–Crippen LogP) is 1.78. The number of nitrogens with two attached hydrogens (primary N) is 1. The Bertz CT molecular complexity index is 585. The quantitative estimate of drug-likeness (QED) is 0.661. The summed E-state index contributed by atoms with van der Waals surface area (Å²) in [5, 5.41) is -0.281. The first kappa shape index (κ1) is 13.9. The topological polar surface area (TPSA) is 94.3 Å². The van der Waals surface area contributed by atoms with Crippen LogP contribution in [0.2, 0.25) is 5.02 Å². The number of nitrogen functional groups attached to an aromatic ring is 1. The van der Waals surface area contributed by atoms with Crippen molar-refractivity contribution in [3.05, 3.63) is 17.2 Å². The van der Waals surface area contributed by atoms with Gasteiger partial charge < -0.3 is 5.73 Å². The van der Waals surface area contributed by atoms with Crippen molar-refractivity contribution in [1.82, 2.24) is 0 Å². The third-order valence-corrected chi connectivity index (χ3v) is 4.75. The molecule has 0 spiro atoms. The number of hydrogen-bond donors (Lipinski definition) is 1. The molecule has 1 rings (SSSR count). The lowest BCUT2D eigenvalue weighted by Gasteiger charge is -2.06. The number of benzene rings is 1. The van der Waals surface area contributed by atoms with Crippen LogP contribution in [0.5, 0.6) is 0 Å². The zero-order chi connectivity index (χ0) is 12.7. The van der Waals surface area contributed by atoms with Crippen LogP contribution in [-0.2, 0) is 18.1 Å². The largest absolute Gasteiger partial charge is 0.398 e. The van der Waals surface area contributed by atoms with Gasteiger partial charge in [-0.15, -0.1) is 0 Å². The number of anilines is 1. The molecule has 0 unspecified atom stereocenters. The number of hydrogen-bond acceptors (Lipinski definition) is 5. The standard InChI is InChI=1S/C6H4Cl3NO4S2/c7-3-1-4(10)6(16(9,13)14)2-5(3)15(8,11)12/h1-2H,10H2. The summed E-state index contributed by atoms with van der Waals surface area (Å²) in [5.41, 5.74) is 5.07. The maximum Gasteiger partial charge on any atom is 0.263 e. The van der Waals surface area contributed by atoms with Gasteiger partial charge in [-0.25, -0.2) is 16.8 Å². The Morgan fingerprint density at radius 1 is 0.938 bits per heavy atom. The minimum absolute atomic E-state index is 0.260. The Hall–Kier alpha value is -0.210. The van der Waals surface area contributed by atoms with E-state index >= 15 is 0 Å². The van der Waals surface area contributed by atoms with Crippen molar-refractivity contribution in [3.63, 3.8) is 0 Å². The van der Waals surface area contributed by atoms with Gasteiger partial charge in [-0.05, 0) is 12.1 Å². The van der Waals surface area contributed by atoms with Crippen LogP contribution >= 0.6 is 33.0 Å². The molecule has 10 heteroatoms. The predicted molar refractivity (Wildman–Crippen MR) is 61.9 cm³/mol. The van der Waals surface area contributed by atoms with E-state index in [0.29, 0.717) is 6.07 Å². The summed E-state index contributed by atoms with van der Waals surface area (Å²) in [4.78, 5) is -1.12. The highest BCUT2D eigenvalue weighted by Gasteiger charge is 2.22. The fraction of sp³-hybridized carbons (Fsp3) is 0. The Balaban J connectivity index is 3.72. The van der Waals surface area contributed by atoms with Crippen LogP contribution < -0.4 is 5.73 Å². The van der Waals surface area contributed by atoms with Gasteiger partial charge in [0.25, 0.3) is 18.1 Å². The van der Waals surface area contributed by atoms with E-state index in [1.54, 1.807) is 0 Å². The molecule has 90 valence electrons. The molecule has 0 fully saturated rings. The Labute approximate surface area is 106 Å². The Kier molecular flexibility index (Phi) is 3.66. The zero-order valence-corrected chi connectivity index (χ0v) is 11.2. The second-order valence-electron chi connectivity index (χ2n) is 2.70. The highest BCUT2D eigenvalue weighted by Crippen LogP contribution is 2.32. The molecule has 0 aliphatic rings. The molecule has 5 nitrogen and oxygen atoms in total. The fourth-order valence-electron chi connectivity index (χ4n) is 0.948.